The highest BCUT2D eigenvalue weighted by Gasteiger charge is 2.34. The lowest BCUT2D eigenvalue weighted by Crippen LogP contribution is -2.46. The van der Waals surface area contributed by atoms with Crippen molar-refractivity contribution >= 4 is 17.3 Å². The molecule has 0 spiro atoms. The fourth-order valence-electron chi connectivity index (χ4n) is 3.27. The highest BCUT2D eigenvalue weighted by atomic mass is 16.6. The lowest BCUT2D eigenvalue weighted by molar-refractivity contribution is -0.128. The quantitative estimate of drug-likeness (QED) is 0.918. The Labute approximate surface area is 152 Å². The molecule has 0 aromatic heterocycles. The molecule has 1 fully saturated rings. The molecule has 0 bridgehead atoms. The van der Waals surface area contributed by atoms with Crippen LogP contribution in [0.15, 0.2) is 48.5 Å². The van der Waals surface area contributed by atoms with E-state index in [-0.39, 0.29) is 12.0 Å². The van der Waals surface area contributed by atoms with E-state index in [1.807, 2.05) is 55.5 Å². The SMILES string of the molecule is C[C@H]1Oc2ccccc2O[C@H]1C(=O)Nc1ccccc1N1CCOCC1. The number of carbonyl (C=O) groups is 1. The zero-order chi connectivity index (χ0) is 17.9. The van der Waals surface area contributed by atoms with Crippen LogP contribution in [0, 0.1) is 0 Å². The van der Waals surface area contributed by atoms with Crippen LogP contribution in [0.1, 0.15) is 6.92 Å². The molecular formula is C20H22N2O4. The third kappa shape index (κ3) is 3.32. The molecule has 0 saturated carbocycles. The van der Waals surface area contributed by atoms with E-state index in [4.69, 9.17) is 14.2 Å². The molecule has 0 aliphatic carbocycles. The third-order valence-electron chi connectivity index (χ3n) is 4.61. The molecule has 6 heteroatoms. The topological polar surface area (TPSA) is 60.0 Å². The first-order valence-corrected chi connectivity index (χ1v) is 8.87. The van der Waals surface area contributed by atoms with Gasteiger partial charge in [0.25, 0.3) is 5.91 Å². The Morgan fingerprint density at radius 2 is 1.65 bits per heavy atom. The highest BCUT2D eigenvalue weighted by Crippen LogP contribution is 2.34. The minimum atomic E-state index is -0.706. The molecule has 2 aliphatic rings. The van der Waals surface area contributed by atoms with E-state index in [9.17, 15) is 4.79 Å². The highest BCUT2D eigenvalue weighted by molar-refractivity contribution is 5.98. The van der Waals surface area contributed by atoms with Crippen LogP contribution in [0.2, 0.25) is 0 Å². The number of hydrogen-bond acceptors (Lipinski definition) is 5. The Bertz CT molecular complexity index is 789. The summed E-state index contributed by atoms with van der Waals surface area (Å²) in [5.41, 5.74) is 1.77. The molecule has 26 heavy (non-hydrogen) atoms. The second-order valence-electron chi connectivity index (χ2n) is 6.41. The molecular weight excluding hydrogens is 332 g/mol. The average Bonchev–Trinajstić information content (AvgIpc) is 2.68. The van der Waals surface area contributed by atoms with Crippen molar-refractivity contribution in [3.63, 3.8) is 0 Å². The number of nitrogens with one attached hydrogen (secondary N) is 1. The van der Waals surface area contributed by atoms with E-state index in [0.717, 1.165) is 24.5 Å². The molecule has 2 aliphatic heterocycles. The number of rotatable bonds is 3. The molecule has 2 aromatic carbocycles. The molecule has 1 saturated heterocycles. The largest absolute Gasteiger partial charge is 0.482 e. The van der Waals surface area contributed by atoms with Gasteiger partial charge in [0, 0.05) is 13.1 Å². The van der Waals surface area contributed by atoms with Crippen LogP contribution in [-0.4, -0.2) is 44.4 Å². The molecule has 1 N–H and O–H groups in total. The molecule has 6 nitrogen and oxygen atoms in total. The van der Waals surface area contributed by atoms with E-state index in [1.54, 1.807) is 0 Å². The number of hydrogen-bond donors (Lipinski definition) is 1. The maximum Gasteiger partial charge on any atom is 0.269 e. The molecule has 2 heterocycles. The molecule has 0 radical (unpaired) electrons. The van der Waals surface area contributed by atoms with Crippen molar-refractivity contribution in [2.24, 2.45) is 0 Å². The first kappa shape index (κ1) is 16.7. The Kier molecular flexibility index (Phi) is 4.67. The summed E-state index contributed by atoms with van der Waals surface area (Å²) in [4.78, 5) is 15.1. The van der Waals surface area contributed by atoms with Crippen LogP contribution in [0.25, 0.3) is 0 Å². The molecule has 4 rings (SSSR count). The Balaban J connectivity index is 1.52. The van der Waals surface area contributed by atoms with Gasteiger partial charge in [-0.3, -0.25) is 4.79 Å². The van der Waals surface area contributed by atoms with Crippen molar-refractivity contribution in [2.45, 2.75) is 19.1 Å². The Morgan fingerprint density at radius 3 is 2.42 bits per heavy atom. The van der Waals surface area contributed by atoms with E-state index >= 15 is 0 Å². The van der Waals surface area contributed by atoms with Crippen molar-refractivity contribution in [1.29, 1.82) is 0 Å². The number of anilines is 2. The summed E-state index contributed by atoms with van der Waals surface area (Å²) in [6.45, 7) is 4.83. The monoisotopic (exact) mass is 354 g/mol. The second kappa shape index (κ2) is 7.25. The average molecular weight is 354 g/mol. The van der Waals surface area contributed by atoms with E-state index in [2.05, 4.69) is 10.2 Å². The van der Waals surface area contributed by atoms with Gasteiger partial charge in [-0.1, -0.05) is 24.3 Å². The van der Waals surface area contributed by atoms with Crippen molar-refractivity contribution in [1.82, 2.24) is 0 Å². The standard InChI is InChI=1S/C20H22N2O4/c1-14-19(26-18-9-5-4-8-17(18)25-14)20(23)21-15-6-2-3-7-16(15)22-10-12-24-13-11-22/h2-9,14,19H,10-13H2,1H3,(H,21,23)/t14-,19-/m1/s1. The molecule has 2 aromatic rings. The number of morpholine rings is 1. The van der Waals surface area contributed by atoms with Crippen molar-refractivity contribution < 1.29 is 19.0 Å². The molecule has 2 atom stereocenters. The van der Waals surface area contributed by atoms with Crippen LogP contribution in [-0.2, 0) is 9.53 Å². The fourth-order valence-corrected chi connectivity index (χ4v) is 3.27. The normalized spacial score (nSPS) is 22.0. The number of ether oxygens (including phenoxy) is 3. The van der Waals surface area contributed by atoms with Crippen LogP contribution in [0.4, 0.5) is 11.4 Å². The van der Waals surface area contributed by atoms with E-state index in [1.165, 1.54) is 0 Å². The summed E-state index contributed by atoms with van der Waals surface area (Å²) in [5, 5.41) is 3.01. The number of carbonyl (C=O) groups excluding carboxylic acids is 1. The van der Waals surface area contributed by atoms with Gasteiger partial charge in [-0.15, -0.1) is 0 Å². The first-order chi connectivity index (χ1) is 12.7. The lowest BCUT2D eigenvalue weighted by Gasteiger charge is -2.32. The maximum atomic E-state index is 12.9. The first-order valence-electron chi connectivity index (χ1n) is 8.87. The van der Waals surface area contributed by atoms with Gasteiger partial charge in [-0.25, -0.2) is 0 Å². The van der Waals surface area contributed by atoms with Gasteiger partial charge in [-0.2, -0.15) is 0 Å². The number of amides is 1. The van der Waals surface area contributed by atoms with Gasteiger partial charge in [0.15, 0.2) is 11.5 Å². The summed E-state index contributed by atoms with van der Waals surface area (Å²) in [5.74, 6) is 1.04. The van der Waals surface area contributed by atoms with Crippen LogP contribution >= 0.6 is 0 Å². The van der Waals surface area contributed by atoms with Gasteiger partial charge >= 0.3 is 0 Å². The van der Waals surface area contributed by atoms with Gasteiger partial charge in [0.2, 0.25) is 6.10 Å². The summed E-state index contributed by atoms with van der Waals surface area (Å²) >= 11 is 0. The third-order valence-corrected chi connectivity index (χ3v) is 4.61. The number of benzene rings is 2. The van der Waals surface area contributed by atoms with Crippen molar-refractivity contribution in [3.8, 4) is 11.5 Å². The smallest absolute Gasteiger partial charge is 0.269 e. The summed E-state index contributed by atoms with van der Waals surface area (Å²) < 4.78 is 17.1. The summed E-state index contributed by atoms with van der Waals surface area (Å²) in [6.07, 6.45) is -1.08. The number of para-hydroxylation sites is 4. The van der Waals surface area contributed by atoms with E-state index < -0.39 is 6.10 Å². The van der Waals surface area contributed by atoms with Crippen LogP contribution in [0.3, 0.4) is 0 Å². The molecule has 0 unspecified atom stereocenters. The lowest BCUT2D eigenvalue weighted by atomic mass is 10.1. The molecule has 1 amide bonds. The zero-order valence-electron chi connectivity index (χ0n) is 14.7. The van der Waals surface area contributed by atoms with Gasteiger partial charge < -0.3 is 24.4 Å². The summed E-state index contributed by atoms with van der Waals surface area (Å²) in [6, 6.07) is 15.2. The second-order valence-corrected chi connectivity index (χ2v) is 6.41. The van der Waals surface area contributed by atoms with Gasteiger partial charge in [-0.05, 0) is 31.2 Å². The van der Waals surface area contributed by atoms with Crippen LogP contribution in [0.5, 0.6) is 11.5 Å². The van der Waals surface area contributed by atoms with Crippen LogP contribution < -0.4 is 19.7 Å². The van der Waals surface area contributed by atoms with Crippen molar-refractivity contribution in [3.05, 3.63) is 48.5 Å². The summed E-state index contributed by atoms with van der Waals surface area (Å²) in [7, 11) is 0. The maximum absolute atomic E-state index is 12.9. The predicted octanol–water partition coefficient (Wildman–Crippen LogP) is 2.69. The Morgan fingerprint density at radius 1 is 1.00 bits per heavy atom. The van der Waals surface area contributed by atoms with E-state index in [0.29, 0.717) is 24.7 Å². The number of fused-ring (bicyclic) bond motifs is 1. The minimum Gasteiger partial charge on any atom is -0.482 e. The van der Waals surface area contributed by atoms with Crippen molar-refractivity contribution in [2.75, 3.05) is 36.5 Å². The number of nitrogens with zero attached hydrogens (tertiary/aromatic N) is 1. The van der Waals surface area contributed by atoms with Gasteiger partial charge in [0.05, 0.1) is 24.6 Å². The fraction of sp³-hybridized carbons (Fsp3) is 0.350. The molecule has 136 valence electrons. The zero-order valence-corrected chi connectivity index (χ0v) is 14.7. The Hall–Kier alpha value is -2.73. The predicted molar refractivity (Wildman–Crippen MR) is 99.1 cm³/mol. The van der Waals surface area contributed by atoms with Gasteiger partial charge in [0.1, 0.15) is 6.10 Å². The minimum absolute atomic E-state index is 0.215.